The van der Waals surface area contributed by atoms with Gasteiger partial charge in [-0.1, -0.05) is 37.3 Å². The molecule has 0 fully saturated rings. The topological polar surface area (TPSA) is 61.9 Å². The third kappa shape index (κ3) is 3.54. The lowest BCUT2D eigenvalue weighted by Crippen LogP contribution is -2.51. The summed E-state index contributed by atoms with van der Waals surface area (Å²) in [4.78, 5) is 29.3. The molecule has 0 aromatic heterocycles. The van der Waals surface area contributed by atoms with Gasteiger partial charge in [0.2, 0.25) is 5.91 Å². The molecule has 6 nitrogen and oxygen atoms in total. The summed E-state index contributed by atoms with van der Waals surface area (Å²) >= 11 is 0. The molecule has 2 aromatic carbocycles. The van der Waals surface area contributed by atoms with Gasteiger partial charge in [-0.15, -0.1) is 0 Å². The normalized spacial score (nSPS) is 17.5. The first-order valence-corrected chi connectivity index (χ1v) is 9.84. The molecule has 2 heterocycles. The zero-order valence-corrected chi connectivity index (χ0v) is 16.1. The van der Waals surface area contributed by atoms with Crippen molar-refractivity contribution in [2.24, 2.45) is 0 Å². The van der Waals surface area contributed by atoms with Crippen LogP contribution in [0.5, 0.6) is 5.75 Å². The first kappa shape index (κ1) is 18.3. The van der Waals surface area contributed by atoms with E-state index in [0.717, 1.165) is 24.2 Å². The maximum Gasteiger partial charge on any atom is 0.262 e. The Morgan fingerprint density at radius 3 is 2.68 bits per heavy atom. The molecule has 0 aliphatic carbocycles. The molecule has 4 rings (SSSR count). The molecule has 28 heavy (non-hydrogen) atoms. The predicted octanol–water partition coefficient (Wildman–Crippen LogP) is 2.37. The summed E-state index contributed by atoms with van der Waals surface area (Å²) in [7, 11) is 0. The van der Waals surface area contributed by atoms with E-state index in [-0.39, 0.29) is 18.4 Å². The van der Waals surface area contributed by atoms with Crippen LogP contribution >= 0.6 is 0 Å². The number of fused-ring (bicyclic) bond motifs is 2. The largest absolute Gasteiger partial charge is 0.477 e. The van der Waals surface area contributed by atoms with Crippen molar-refractivity contribution in [3.63, 3.8) is 0 Å². The molecule has 2 aliphatic rings. The maximum absolute atomic E-state index is 13.1. The molecular formula is C22H25N3O3. The molecule has 2 aromatic rings. The Hall–Kier alpha value is -3.02. The second-order valence-electron chi connectivity index (χ2n) is 7.17. The fourth-order valence-electron chi connectivity index (χ4n) is 3.80. The monoisotopic (exact) mass is 379 g/mol. The van der Waals surface area contributed by atoms with E-state index in [1.807, 2.05) is 59.2 Å². The van der Waals surface area contributed by atoms with E-state index in [1.165, 1.54) is 5.56 Å². The van der Waals surface area contributed by atoms with Crippen LogP contribution in [-0.4, -0.2) is 44.1 Å². The Morgan fingerprint density at radius 1 is 1.11 bits per heavy atom. The van der Waals surface area contributed by atoms with E-state index >= 15 is 0 Å². The van der Waals surface area contributed by atoms with Crippen molar-refractivity contribution in [1.29, 1.82) is 0 Å². The Balaban J connectivity index is 1.53. The van der Waals surface area contributed by atoms with Gasteiger partial charge in [0.1, 0.15) is 5.75 Å². The molecule has 1 atom stereocenters. The number of para-hydroxylation sites is 3. The Kier molecular flexibility index (Phi) is 5.19. The second kappa shape index (κ2) is 7.92. The summed E-state index contributed by atoms with van der Waals surface area (Å²) < 4.78 is 5.91. The smallest absolute Gasteiger partial charge is 0.262 e. The highest BCUT2D eigenvalue weighted by molar-refractivity contribution is 5.98. The number of hydrogen-bond donors (Lipinski definition) is 1. The molecule has 2 aliphatic heterocycles. The molecule has 0 spiro atoms. The standard InChI is InChI=1S/C22H25N3O3/c1-2-12-23-22(27)20-14-24(18-9-5-6-10-19(18)28-20)15-21(26)25-13-11-16-7-3-4-8-17(16)25/h3-10,20H,2,11-15H2,1H3,(H,23,27)/t20-/m1/s1. The Labute approximate surface area is 165 Å². The van der Waals surface area contributed by atoms with Crippen molar-refractivity contribution in [2.45, 2.75) is 25.9 Å². The molecule has 0 radical (unpaired) electrons. The number of benzene rings is 2. The number of hydrogen-bond acceptors (Lipinski definition) is 4. The summed E-state index contributed by atoms with van der Waals surface area (Å²) in [5.41, 5.74) is 3.05. The number of carbonyl (C=O) groups is 2. The van der Waals surface area contributed by atoms with Gasteiger partial charge in [-0.3, -0.25) is 9.59 Å². The van der Waals surface area contributed by atoms with Crippen LogP contribution in [0.15, 0.2) is 48.5 Å². The lowest BCUT2D eigenvalue weighted by molar-refractivity contribution is -0.128. The van der Waals surface area contributed by atoms with Gasteiger partial charge in [0, 0.05) is 18.8 Å². The molecule has 0 bridgehead atoms. The van der Waals surface area contributed by atoms with E-state index in [1.54, 1.807) is 0 Å². The second-order valence-corrected chi connectivity index (χ2v) is 7.17. The Morgan fingerprint density at radius 2 is 1.86 bits per heavy atom. The third-order valence-corrected chi connectivity index (χ3v) is 5.22. The minimum Gasteiger partial charge on any atom is -0.477 e. The number of carbonyl (C=O) groups excluding carboxylic acids is 2. The van der Waals surface area contributed by atoms with E-state index in [0.29, 0.717) is 25.4 Å². The van der Waals surface area contributed by atoms with Crippen molar-refractivity contribution in [1.82, 2.24) is 5.32 Å². The van der Waals surface area contributed by atoms with Gasteiger partial charge in [-0.25, -0.2) is 0 Å². The van der Waals surface area contributed by atoms with Gasteiger partial charge in [0.15, 0.2) is 6.10 Å². The first-order chi connectivity index (χ1) is 13.7. The summed E-state index contributed by atoms with van der Waals surface area (Å²) in [5, 5.41) is 2.89. The van der Waals surface area contributed by atoms with Crippen molar-refractivity contribution < 1.29 is 14.3 Å². The van der Waals surface area contributed by atoms with Crippen LogP contribution in [-0.2, 0) is 16.0 Å². The van der Waals surface area contributed by atoms with Crippen LogP contribution in [0, 0.1) is 0 Å². The first-order valence-electron chi connectivity index (χ1n) is 9.84. The van der Waals surface area contributed by atoms with Crippen molar-refractivity contribution in [3.05, 3.63) is 54.1 Å². The number of rotatable bonds is 5. The van der Waals surface area contributed by atoms with Crippen molar-refractivity contribution >= 4 is 23.2 Å². The van der Waals surface area contributed by atoms with Crippen LogP contribution in [0.4, 0.5) is 11.4 Å². The molecule has 0 unspecified atom stereocenters. The molecule has 6 heteroatoms. The average molecular weight is 379 g/mol. The zero-order valence-electron chi connectivity index (χ0n) is 16.1. The summed E-state index contributed by atoms with van der Waals surface area (Å²) in [5.74, 6) is 0.537. The van der Waals surface area contributed by atoms with Gasteiger partial charge in [-0.05, 0) is 36.6 Å². The molecule has 1 N–H and O–H groups in total. The van der Waals surface area contributed by atoms with Crippen LogP contribution in [0.2, 0.25) is 0 Å². The van der Waals surface area contributed by atoms with Gasteiger partial charge >= 0.3 is 0 Å². The summed E-state index contributed by atoms with van der Waals surface area (Å²) in [6.07, 6.45) is 1.12. The predicted molar refractivity (Wildman–Crippen MR) is 109 cm³/mol. The highest BCUT2D eigenvalue weighted by atomic mass is 16.5. The lowest BCUT2D eigenvalue weighted by Gasteiger charge is -2.36. The van der Waals surface area contributed by atoms with Crippen LogP contribution in [0.25, 0.3) is 0 Å². The number of nitrogens with one attached hydrogen (secondary N) is 1. The van der Waals surface area contributed by atoms with Crippen LogP contribution < -0.4 is 19.9 Å². The highest BCUT2D eigenvalue weighted by Gasteiger charge is 2.33. The van der Waals surface area contributed by atoms with Crippen molar-refractivity contribution in [3.8, 4) is 5.75 Å². The van der Waals surface area contributed by atoms with Gasteiger partial charge in [0.25, 0.3) is 5.91 Å². The molecule has 2 amide bonds. The fourth-order valence-corrected chi connectivity index (χ4v) is 3.80. The van der Waals surface area contributed by atoms with Crippen LogP contribution in [0.1, 0.15) is 18.9 Å². The SMILES string of the molecule is CCCNC(=O)[C@H]1CN(CC(=O)N2CCc3ccccc32)c2ccccc2O1. The van der Waals surface area contributed by atoms with E-state index in [4.69, 9.17) is 4.74 Å². The van der Waals surface area contributed by atoms with Gasteiger partial charge in [0.05, 0.1) is 18.8 Å². The molecule has 146 valence electrons. The van der Waals surface area contributed by atoms with E-state index in [2.05, 4.69) is 11.4 Å². The number of anilines is 2. The Bertz CT molecular complexity index is 883. The fraction of sp³-hybridized carbons (Fsp3) is 0.364. The van der Waals surface area contributed by atoms with Crippen molar-refractivity contribution in [2.75, 3.05) is 36.0 Å². The van der Waals surface area contributed by atoms with E-state index in [9.17, 15) is 9.59 Å². The average Bonchev–Trinajstić information content (AvgIpc) is 3.16. The minimum atomic E-state index is -0.625. The molecular weight excluding hydrogens is 354 g/mol. The highest BCUT2D eigenvalue weighted by Crippen LogP contribution is 2.34. The molecule has 0 saturated heterocycles. The third-order valence-electron chi connectivity index (χ3n) is 5.22. The minimum absolute atomic E-state index is 0.0365. The quantitative estimate of drug-likeness (QED) is 0.866. The molecule has 0 saturated carbocycles. The number of nitrogens with zero attached hydrogens (tertiary/aromatic N) is 2. The lowest BCUT2D eigenvalue weighted by atomic mass is 10.1. The van der Waals surface area contributed by atoms with Gasteiger partial charge in [-0.2, -0.15) is 0 Å². The van der Waals surface area contributed by atoms with Gasteiger partial charge < -0.3 is 19.9 Å². The zero-order chi connectivity index (χ0) is 19.5. The van der Waals surface area contributed by atoms with E-state index < -0.39 is 6.10 Å². The van der Waals surface area contributed by atoms with Crippen LogP contribution in [0.3, 0.4) is 0 Å². The number of ether oxygens (including phenoxy) is 1. The number of amides is 2. The summed E-state index contributed by atoms with van der Waals surface area (Å²) in [6, 6.07) is 15.6. The summed E-state index contributed by atoms with van der Waals surface area (Å²) in [6.45, 7) is 3.89. The maximum atomic E-state index is 13.1.